The highest BCUT2D eigenvalue weighted by molar-refractivity contribution is 5.83. The summed E-state index contributed by atoms with van der Waals surface area (Å²) in [4.78, 5) is 34.7. The number of likely N-dealkylation sites (tertiary alicyclic amines) is 2. The van der Waals surface area contributed by atoms with E-state index in [0.29, 0.717) is 25.4 Å². The lowest BCUT2D eigenvalue weighted by molar-refractivity contribution is -0.132. The lowest BCUT2D eigenvalue weighted by atomic mass is 9.62. The third-order valence-corrected chi connectivity index (χ3v) is 7.45. The first kappa shape index (κ1) is 20.3. The van der Waals surface area contributed by atoms with Gasteiger partial charge in [-0.3, -0.25) is 14.6 Å². The monoisotopic (exact) mass is 398 g/mol. The molecule has 1 aromatic rings. The number of hydrogen-bond donors (Lipinski definition) is 1. The zero-order chi connectivity index (χ0) is 20.3. The lowest BCUT2D eigenvalue weighted by Crippen LogP contribution is -2.45. The topological polar surface area (TPSA) is 65.5 Å². The number of carbonyl (C=O) groups excluding carboxylic acids is 2. The molecule has 158 valence electrons. The van der Waals surface area contributed by atoms with E-state index in [1.807, 2.05) is 23.1 Å². The van der Waals surface area contributed by atoms with Crippen LogP contribution in [-0.4, -0.2) is 59.3 Å². The standard InChI is InChI=1S/C23H34N4O2/c1-2-26-12-7-18(8-13-26)14-21(28)27-16-20(23(17-27)9-5-10-23)22(29)25-15-19-6-3-4-11-24-19/h3-4,6,11,18,20H,2,5,7-10,12-17H2,1H3,(H,25,29). The third kappa shape index (κ3) is 4.47. The normalized spacial score (nSPS) is 24.4. The Labute approximate surface area is 174 Å². The van der Waals surface area contributed by atoms with Crippen molar-refractivity contribution in [2.45, 2.75) is 52.0 Å². The van der Waals surface area contributed by atoms with Crippen LogP contribution >= 0.6 is 0 Å². The maximum atomic E-state index is 13.0. The molecule has 3 aliphatic rings. The van der Waals surface area contributed by atoms with Crippen LogP contribution < -0.4 is 5.32 Å². The second-order valence-corrected chi connectivity index (χ2v) is 9.16. The molecule has 29 heavy (non-hydrogen) atoms. The second kappa shape index (κ2) is 8.82. The fourth-order valence-corrected chi connectivity index (χ4v) is 5.34. The predicted molar refractivity (Wildman–Crippen MR) is 112 cm³/mol. The van der Waals surface area contributed by atoms with Crippen LogP contribution in [-0.2, 0) is 16.1 Å². The zero-order valence-electron chi connectivity index (χ0n) is 17.6. The van der Waals surface area contributed by atoms with Gasteiger partial charge in [0.25, 0.3) is 0 Å². The molecule has 0 bridgehead atoms. The van der Waals surface area contributed by atoms with E-state index in [0.717, 1.165) is 57.6 Å². The SMILES string of the molecule is CCN1CCC(CC(=O)N2CC(C(=O)NCc3ccccn3)C3(CCC3)C2)CC1. The van der Waals surface area contributed by atoms with Gasteiger partial charge in [0.05, 0.1) is 18.2 Å². The van der Waals surface area contributed by atoms with Crippen LogP contribution in [0.3, 0.4) is 0 Å². The van der Waals surface area contributed by atoms with Crippen molar-refractivity contribution in [3.63, 3.8) is 0 Å². The molecule has 1 N–H and O–H groups in total. The van der Waals surface area contributed by atoms with Gasteiger partial charge in [0, 0.05) is 31.1 Å². The lowest BCUT2D eigenvalue weighted by Gasteiger charge is -2.42. The van der Waals surface area contributed by atoms with Crippen LogP contribution in [0.25, 0.3) is 0 Å². The molecule has 1 unspecified atom stereocenters. The molecule has 3 fully saturated rings. The molecule has 1 atom stereocenters. The van der Waals surface area contributed by atoms with E-state index in [1.165, 1.54) is 6.42 Å². The van der Waals surface area contributed by atoms with E-state index in [4.69, 9.17) is 0 Å². The number of rotatable bonds is 6. The van der Waals surface area contributed by atoms with Gasteiger partial charge in [-0.25, -0.2) is 0 Å². The molecule has 2 amide bonds. The number of nitrogens with one attached hydrogen (secondary N) is 1. The van der Waals surface area contributed by atoms with Crippen molar-refractivity contribution in [1.29, 1.82) is 0 Å². The van der Waals surface area contributed by atoms with Gasteiger partial charge in [-0.1, -0.05) is 19.4 Å². The molecule has 2 saturated heterocycles. The first-order valence-corrected chi connectivity index (χ1v) is 11.3. The summed E-state index contributed by atoms with van der Waals surface area (Å²) in [6, 6.07) is 5.73. The largest absolute Gasteiger partial charge is 0.350 e. The Morgan fingerprint density at radius 2 is 2.03 bits per heavy atom. The summed E-state index contributed by atoms with van der Waals surface area (Å²) in [6.07, 6.45) is 7.92. The summed E-state index contributed by atoms with van der Waals surface area (Å²) < 4.78 is 0. The smallest absolute Gasteiger partial charge is 0.225 e. The van der Waals surface area contributed by atoms with E-state index in [2.05, 4.69) is 22.1 Å². The van der Waals surface area contributed by atoms with Crippen molar-refractivity contribution in [3.8, 4) is 0 Å². The Kier molecular flexibility index (Phi) is 6.18. The molecular formula is C23H34N4O2. The van der Waals surface area contributed by atoms with Crippen molar-refractivity contribution < 1.29 is 9.59 Å². The van der Waals surface area contributed by atoms with Gasteiger partial charge < -0.3 is 15.1 Å². The minimum absolute atomic E-state index is 0.00936. The highest BCUT2D eigenvalue weighted by atomic mass is 16.2. The summed E-state index contributed by atoms with van der Waals surface area (Å²) in [5, 5.41) is 3.07. The molecule has 0 aromatic carbocycles. The predicted octanol–water partition coefficient (Wildman–Crippen LogP) is 2.45. The number of aromatic nitrogens is 1. The average Bonchev–Trinajstić information content (AvgIpc) is 3.15. The van der Waals surface area contributed by atoms with Gasteiger partial charge in [-0.2, -0.15) is 0 Å². The molecule has 1 spiro atoms. The number of nitrogens with zero attached hydrogens (tertiary/aromatic N) is 3. The minimum Gasteiger partial charge on any atom is -0.350 e. The van der Waals surface area contributed by atoms with Crippen LogP contribution in [0.4, 0.5) is 0 Å². The number of carbonyl (C=O) groups is 2. The molecule has 1 aromatic heterocycles. The van der Waals surface area contributed by atoms with Crippen molar-refractivity contribution in [2.24, 2.45) is 17.3 Å². The van der Waals surface area contributed by atoms with E-state index in [-0.39, 0.29) is 23.1 Å². The quantitative estimate of drug-likeness (QED) is 0.799. The van der Waals surface area contributed by atoms with Crippen LogP contribution in [0.2, 0.25) is 0 Å². The molecule has 6 heteroatoms. The van der Waals surface area contributed by atoms with Gasteiger partial charge in [0.15, 0.2) is 0 Å². The first-order valence-electron chi connectivity index (χ1n) is 11.3. The van der Waals surface area contributed by atoms with Crippen LogP contribution in [0.1, 0.15) is 51.1 Å². The number of hydrogen-bond acceptors (Lipinski definition) is 4. The average molecular weight is 399 g/mol. The van der Waals surface area contributed by atoms with Gasteiger partial charge >= 0.3 is 0 Å². The van der Waals surface area contributed by atoms with E-state index in [9.17, 15) is 9.59 Å². The van der Waals surface area contributed by atoms with Gasteiger partial charge in [-0.15, -0.1) is 0 Å². The van der Waals surface area contributed by atoms with E-state index >= 15 is 0 Å². The minimum atomic E-state index is -0.0779. The van der Waals surface area contributed by atoms with Crippen LogP contribution in [0.5, 0.6) is 0 Å². The molecule has 6 nitrogen and oxygen atoms in total. The number of pyridine rings is 1. The first-order chi connectivity index (χ1) is 14.1. The fourth-order valence-electron chi connectivity index (χ4n) is 5.34. The van der Waals surface area contributed by atoms with E-state index < -0.39 is 0 Å². The van der Waals surface area contributed by atoms with Gasteiger partial charge in [0.1, 0.15) is 0 Å². The maximum Gasteiger partial charge on any atom is 0.225 e. The van der Waals surface area contributed by atoms with Crippen LogP contribution in [0, 0.1) is 17.3 Å². The summed E-state index contributed by atoms with van der Waals surface area (Å²) in [5.74, 6) is 0.763. The van der Waals surface area contributed by atoms with Gasteiger partial charge in [0.2, 0.25) is 11.8 Å². The highest BCUT2D eigenvalue weighted by Crippen LogP contribution is 2.52. The summed E-state index contributed by atoms with van der Waals surface area (Å²) in [5.41, 5.74) is 0.878. The number of amides is 2. The zero-order valence-corrected chi connectivity index (χ0v) is 17.6. The molecule has 1 aliphatic carbocycles. The fraction of sp³-hybridized carbons (Fsp3) is 0.696. The van der Waals surface area contributed by atoms with Crippen molar-refractivity contribution in [1.82, 2.24) is 20.1 Å². The second-order valence-electron chi connectivity index (χ2n) is 9.16. The number of piperidine rings is 1. The molecule has 4 rings (SSSR count). The summed E-state index contributed by atoms with van der Waals surface area (Å²) in [7, 11) is 0. The molecular weight excluding hydrogens is 364 g/mol. The van der Waals surface area contributed by atoms with Gasteiger partial charge in [-0.05, 0) is 63.4 Å². The van der Waals surface area contributed by atoms with Crippen molar-refractivity contribution in [2.75, 3.05) is 32.7 Å². The maximum absolute atomic E-state index is 13.0. The summed E-state index contributed by atoms with van der Waals surface area (Å²) in [6.45, 7) is 7.32. The third-order valence-electron chi connectivity index (χ3n) is 7.45. The summed E-state index contributed by atoms with van der Waals surface area (Å²) >= 11 is 0. The molecule has 2 aliphatic heterocycles. The Morgan fingerprint density at radius 1 is 1.24 bits per heavy atom. The molecule has 0 radical (unpaired) electrons. The Hall–Kier alpha value is -1.95. The Morgan fingerprint density at radius 3 is 2.66 bits per heavy atom. The Bertz CT molecular complexity index is 711. The Balaban J connectivity index is 1.32. The van der Waals surface area contributed by atoms with E-state index in [1.54, 1.807) is 6.20 Å². The van der Waals surface area contributed by atoms with Crippen LogP contribution in [0.15, 0.2) is 24.4 Å². The van der Waals surface area contributed by atoms with Crippen molar-refractivity contribution >= 4 is 11.8 Å². The highest BCUT2D eigenvalue weighted by Gasteiger charge is 2.54. The van der Waals surface area contributed by atoms with Crippen molar-refractivity contribution in [3.05, 3.63) is 30.1 Å². The molecule has 1 saturated carbocycles. The molecule has 3 heterocycles.